The maximum Gasteiger partial charge on any atom is 0.271 e. The molecule has 0 aromatic heterocycles. The van der Waals surface area contributed by atoms with Crippen molar-refractivity contribution >= 4 is 38.7 Å². The number of hydrogen-bond donors (Lipinski definition) is 1. The second kappa shape index (κ2) is 6.58. The molecule has 126 valence electrons. The molecule has 0 saturated carbocycles. The molecule has 0 radical (unpaired) electrons. The largest absolute Gasteiger partial charge is 0.321 e. The van der Waals surface area contributed by atoms with E-state index in [0.29, 0.717) is 5.56 Å². The third-order valence-electron chi connectivity index (χ3n) is 3.29. The zero-order chi connectivity index (χ0) is 18.1. The van der Waals surface area contributed by atoms with E-state index >= 15 is 0 Å². The lowest BCUT2D eigenvalue weighted by Gasteiger charge is -2.10. The number of rotatable bonds is 4. The van der Waals surface area contributed by atoms with Gasteiger partial charge >= 0.3 is 0 Å². The zero-order valence-corrected chi connectivity index (χ0v) is 14.3. The van der Waals surface area contributed by atoms with Crippen LogP contribution in [0.2, 0.25) is 5.02 Å². The second-order valence-electron chi connectivity index (χ2n) is 5.12. The highest BCUT2D eigenvalue weighted by atomic mass is 35.5. The van der Waals surface area contributed by atoms with E-state index < -0.39 is 20.7 Å². The van der Waals surface area contributed by atoms with Crippen molar-refractivity contribution in [3.05, 3.63) is 62.7 Å². The highest BCUT2D eigenvalue weighted by molar-refractivity contribution is 7.90. The lowest BCUT2D eigenvalue weighted by molar-refractivity contribution is -0.384. The third-order valence-corrected chi connectivity index (χ3v) is 4.73. The van der Waals surface area contributed by atoms with Crippen molar-refractivity contribution in [2.24, 2.45) is 0 Å². The molecule has 0 saturated heterocycles. The summed E-state index contributed by atoms with van der Waals surface area (Å²) in [7, 11) is -3.50. The van der Waals surface area contributed by atoms with E-state index in [1.807, 2.05) is 0 Å². The topological polar surface area (TPSA) is 106 Å². The molecule has 0 aliphatic rings. The maximum absolute atomic E-state index is 12.4. The summed E-state index contributed by atoms with van der Waals surface area (Å²) in [5, 5.41) is 13.4. The molecule has 1 N–H and O–H groups in total. The summed E-state index contributed by atoms with van der Waals surface area (Å²) in [4.78, 5) is 22.6. The minimum absolute atomic E-state index is 0.0366. The van der Waals surface area contributed by atoms with E-state index in [9.17, 15) is 23.3 Å². The first-order chi connectivity index (χ1) is 11.1. The Hall–Kier alpha value is -2.45. The molecule has 0 bridgehead atoms. The molecule has 0 unspecified atom stereocenters. The average molecular weight is 369 g/mol. The van der Waals surface area contributed by atoms with Gasteiger partial charge in [0.2, 0.25) is 0 Å². The molecule has 0 heterocycles. The number of nitro groups is 1. The number of anilines is 1. The molecule has 9 heteroatoms. The van der Waals surface area contributed by atoms with Gasteiger partial charge in [-0.3, -0.25) is 14.9 Å². The van der Waals surface area contributed by atoms with Crippen LogP contribution in [0.15, 0.2) is 41.3 Å². The van der Waals surface area contributed by atoms with Crippen molar-refractivity contribution in [1.82, 2.24) is 0 Å². The number of benzene rings is 2. The number of nitrogens with one attached hydrogen (secondary N) is 1. The predicted molar refractivity (Wildman–Crippen MR) is 90.3 cm³/mol. The number of nitrogens with zero attached hydrogens (tertiary/aromatic N) is 1. The molecular formula is C15H13ClN2O5S. The number of hydrogen-bond acceptors (Lipinski definition) is 5. The fraction of sp³-hybridized carbons (Fsp3) is 0.133. The molecule has 1 amide bonds. The Labute approximate surface area is 143 Å². The van der Waals surface area contributed by atoms with Crippen LogP contribution in [0.1, 0.15) is 15.9 Å². The summed E-state index contributed by atoms with van der Waals surface area (Å²) in [6, 6.07) is 7.83. The third kappa shape index (κ3) is 3.90. The van der Waals surface area contributed by atoms with Gasteiger partial charge in [-0.25, -0.2) is 8.42 Å². The number of nitro benzene ring substituents is 1. The van der Waals surface area contributed by atoms with Crippen LogP contribution in [0, 0.1) is 17.0 Å². The van der Waals surface area contributed by atoms with E-state index in [0.717, 1.165) is 6.26 Å². The maximum atomic E-state index is 12.4. The summed E-state index contributed by atoms with van der Waals surface area (Å²) < 4.78 is 23.2. The van der Waals surface area contributed by atoms with Gasteiger partial charge in [-0.2, -0.15) is 0 Å². The summed E-state index contributed by atoms with van der Waals surface area (Å²) in [5.41, 5.74) is 0.650. The first kappa shape index (κ1) is 17.9. The fourth-order valence-corrected chi connectivity index (χ4v) is 2.81. The zero-order valence-electron chi connectivity index (χ0n) is 12.7. The van der Waals surface area contributed by atoms with Gasteiger partial charge in [-0.15, -0.1) is 0 Å². The number of halogens is 1. The standard InChI is InChI=1S/C15H13ClN2O5S/c1-9-3-4-10(18(20)21)7-14(9)17-15(19)12-8-11(24(2,22)23)5-6-13(12)16/h3-8H,1-2H3,(H,17,19). The number of carbonyl (C=O) groups excluding carboxylic acids is 1. The van der Waals surface area contributed by atoms with Gasteiger partial charge in [-0.1, -0.05) is 17.7 Å². The Bertz CT molecular complexity index is 941. The van der Waals surface area contributed by atoms with Crippen LogP contribution in [0.5, 0.6) is 0 Å². The van der Waals surface area contributed by atoms with Crippen molar-refractivity contribution in [3.8, 4) is 0 Å². The number of non-ortho nitro benzene ring substituents is 1. The first-order valence-electron chi connectivity index (χ1n) is 6.65. The molecule has 7 nitrogen and oxygen atoms in total. The van der Waals surface area contributed by atoms with E-state index in [2.05, 4.69) is 5.32 Å². The number of amides is 1. The van der Waals surface area contributed by atoms with Crippen LogP contribution in [-0.4, -0.2) is 25.5 Å². The van der Waals surface area contributed by atoms with Crippen LogP contribution in [0.3, 0.4) is 0 Å². The van der Waals surface area contributed by atoms with Gasteiger partial charge in [0, 0.05) is 18.4 Å². The first-order valence-corrected chi connectivity index (χ1v) is 8.92. The number of sulfone groups is 1. The van der Waals surface area contributed by atoms with Gasteiger partial charge in [0.05, 0.1) is 26.1 Å². The Morgan fingerprint density at radius 1 is 1.21 bits per heavy atom. The van der Waals surface area contributed by atoms with E-state index in [1.165, 1.54) is 36.4 Å². The highest BCUT2D eigenvalue weighted by Crippen LogP contribution is 2.25. The van der Waals surface area contributed by atoms with Gasteiger partial charge in [0.25, 0.3) is 11.6 Å². The second-order valence-corrected chi connectivity index (χ2v) is 7.55. The summed E-state index contributed by atoms with van der Waals surface area (Å²) >= 11 is 5.97. The van der Waals surface area contributed by atoms with Crippen LogP contribution in [-0.2, 0) is 9.84 Å². The van der Waals surface area contributed by atoms with E-state index in [1.54, 1.807) is 6.92 Å². The molecular weight excluding hydrogens is 356 g/mol. The lowest BCUT2D eigenvalue weighted by Crippen LogP contribution is -2.14. The van der Waals surface area contributed by atoms with Gasteiger partial charge in [0.1, 0.15) is 0 Å². The molecule has 0 atom stereocenters. The van der Waals surface area contributed by atoms with Crippen molar-refractivity contribution in [2.45, 2.75) is 11.8 Å². The van der Waals surface area contributed by atoms with Crippen LogP contribution in [0.25, 0.3) is 0 Å². The quantitative estimate of drug-likeness (QED) is 0.658. The van der Waals surface area contributed by atoms with Crippen molar-refractivity contribution in [3.63, 3.8) is 0 Å². The van der Waals surface area contributed by atoms with E-state index in [4.69, 9.17) is 11.6 Å². The molecule has 0 spiro atoms. The number of carbonyl (C=O) groups is 1. The summed E-state index contributed by atoms with van der Waals surface area (Å²) in [5.74, 6) is -0.658. The minimum Gasteiger partial charge on any atom is -0.321 e. The van der Waals surface area contributed by atoms with E-state index in [-0.39, 0.29) is 26.9 Å². The molecule has 24 heavy (non-hydrogen) atoms. The smallest absolute Gasteiger partial charge is 0.271 e. The highest BCUT2D eigenvalue weighted by Gasteiger charge is 2.17. The Kier molecular flexibility index (Phi) is 4.91. The van der Waals surface area contributed by atoms with Gasteiger partial charge in [-0.05, 0) is 30.7 Å². The minimum atomic E-state index is -3.50. The Morgan fingerprint density at radius 2 is 1.88 bits per heavy atom. The van der Waals surface area contributed by atoms with Crippen LogP contribution >= 0.6 is 11.6 Å². The average Bonchev–Trinajstić information content (AvgIpc) is 2.48. The Morgan fingerprint density at radius 3 is 2.46 bits per heavy atom. The molecule has 2 aromatic rings. The molecule has 0 aliphatic heterocycles. The van der Waals surface area contributed by atoms with Gasteiger partial charge < -0.3 is 5.32 Å². The summed E-state index contributed by atoms with van der Waals surface area (Å²) in [6.07, 6.45) is 1.02. The normalized spacial score (nSPS) is 11.1. The fourth-order valence-electron chi connectivity index (χ4n) is 1.96. The van der Waals surface area contributed by atoms with Gasteiger partial charge in [0.15, 0.2) is 9.84 Å². The van der Waals surface area contributed by atoms with Crippen LogP contribution in [0.4, 0.5) is 11.4 Å². The van der Waals surface area contributed by atoms with Crippen molar-refractivity contribution < 1.29 is 18.1 Å². The lowest BCUT2D eigenvalue weighted by atomic mass is 10.1. The predicted octanol–water partition coefficient (Wildman–Crippen LogP) is 3.21. The molecule has 2 rings (SSSR count). The molecule has 0 aliphatic carbocycles. The van der Waals surface area contributed by atoms with Crippen molar-refractivity contribution in [2.75, 3.05) is 11.6 Å². The summed E-state index contributed by atoms with van der Waals surface area (Å²) in [6.45, 7) is 1.67. The Balaban J connectivity index is 2.41. The monoisotopic (exact) mass is 368 g/mol. The van der Waals surface area contributed by atoms with Crippen LogP contribution < -0.4 is 5.32 Å². The SMILES string of the molecule is Cc1ccc([N+](=O)[O-])cc1NC(=O)c1cc(S(C)(=O)=O)ccc1Cl. The molecule has 2 aromatic carbocycles. The molecule has 0 fully saturated rings. The number of aryl methyl sites for hydroxylation is 1. The van der Waals surface area contributed by atoms with Crippen molar-refractivity contribution in [1.29, 1.82) is 0 Å².